The Morgan fingerprint density at radius 2 is 1.82 bits per heavy atom. The summed E-state index contributed by atoms with van der Waals surface area (Å²) in [6.45, 7) is 0.275. The molecular weight excluding hydrogens is 563 g/mol. The van der Waals surface area contributed by atoms with Gasteiger partial charge < -0.3 is 15.8 Å². The van der Waals surface area contributed by atoms with Crippen molar-refractivity contribution in [3.05, 3.63) is 81.5 Å². The molecule has 2 aromatic heterocycles. The van der Waals surface area contributed by atoms with E-state index in [4.69, 9.17) is 0 Å². The van der Waals surface area contributed by atoms with Crippen LogP contribution in [0.1, 0.15) is 24.0 Å². The summed E-state index contributed by atoms with van der Waals surface area (Å²) in [7, 11) is -8.23. The van der Waals surface area contributed by atoms with Crippen molar-refractivity contribution in [2.45, 2.75) is 29.2 Å². The van der Waals surface area contributed by atoms with Gasteiger partial charge in [0.25, 0.3) is 15.6 Å². The Morgan fingerprint density at radius 3 is 2.56 bits per heavy atom. The van der Waals surface area contributed by atoms with Gasteiger partial charge >= 0.3 is 0 Å². The smallest absolute Gasteiger partial charge is 0.287 e. The number of fused-ring (bicyclic) bond motifs is 2. The number of thiophene rings is 1. The Morgan fingerprint density at radius 1 is 1.10 bits per heavy atom. The predicted octanol–water partition coefficient (Wildman–Crippen LogP) is 2.76. The number of amidine groups is 1. The zero-order chi connectivity index (χ0) is 27.4. The lowest BCUT2D eigenvalue weighted by molar-refractivity contribution is 0.478. The van der Waals surface area contributed by atoms with Crippen LogP contribution in [0.3, 0.4) is 0 Å². The lowest BCUT2D eigenvalue weighted by Crippen LogP contribution is -2.37. The van der Waals surface area contributed by atoms with Crippen molar-refractivity contribution < 1.29 is 21.9 Å². The minimum atomic E-state index is -4.35. The maximum atomic E-state index is 13.6. The van der Waals surface area contributed by atoms with E-state index < -0.39 is 31.4 Å². The second kappa shape index (κ2) is 9.48. The van der Waals surface area contributed by atoms with Crippen LogP contribution in [0.25, 0.3) is 10.9 Å². The molecule has 4 aromatic rings. The number of hydrogen-bond acceptors (Lipinski definition) is 9. The molecule has 1 aliphatic carbocycles. The molecule has 3 heterocycles. The van der Waals surface area contributed by atoms with E-state index in [1.54, 1.807) is 42.5 Å². The second-order valence-corrected chi connectivity index (χ2v) is 13.5. The fourth-order valence-electron chi connectivity index (χ4n) is 4.37. The number of benzene rings is 2. The van der Waals surface area contributed by atoms with Gasteiger partial charge in [0.05, 0.1) is 10.4 Å². The van der Waals surface area contributed by atoms with E-state index in [9.17, 15) is 26.7 Å². The zero-order valence-electron chi connectivity index (χ0n) is 20.3. The normalized spacial score (nSPS) is 16.4. The number of anilines is 1. The fourth-order valence-corrected chi connectivity index (χ4v) is 8.01. The Balaban J connectivity index is 1.37. The molecule has 2 aliphatic rings. The average Bonchev–Trinajstić information content (AvgIpc) is 3.65. The third-order valence-corrected chi connectivity index (χ3v) is 10.4. The lowest BCUT2D eigenvalue weighted by atomic mass is 10.1. The van der Waals surface area contributed by atoms with Gasteiger partial charge in [-0.05, 0) is 48.4 Å². The van der Waals surface area contributed by atoms with Gasteiger partial charge in [0.15, 0.2) is 5.84 Å². The van der Waals surface area contributed by atoms with Crippen LogP contribution in [0, 0.1) is 5.92 Å². The third kappa shape index (κ3) is 4.69. The van der Waals surface area contributed by atoms with Crippen molar-refractivity contribution in [1.29, 1.82) is 0 Å². The van der Waals surface area contributed by atoms with E-state index >= 15 is 0 Å². The molecule has 11 nitrogen and oxygen atoms in total. The van der Waals surface area contributed by atoms with Crippen LogP contribution in [0.5, 0.6) is 5.75 Å². The van der Waals surface area contributed by atoms with Crippen LogP contribution in [0.15, 0.2) is 79.0 Å². The molecule has 0 saturated heterocycles. The number of aromatic hydroxyl groups is 1. The standard InChI is InChI=1S/C25H23N5O6S3/c31-21-18-8-4-5-9-19(18)30(26-12-15-10-11-15)25(32)20(21)23-28-24-22(39(35,36)29-23)16(14-37-24)13-27-38(33,34)17-6-2-1-3-7-17/h1-9,14-15,26-27,31H,10-13H2,(H,28,29). The van der Waals surface area contributed by atoms with E-state index in [-0.39, 0.29) is 38.3 Å². The Bertz CT molecular complexity index is 1910. The van der Waals surface area contributed by atoms with Crippen molar-refractivity contribution in [2.24, 2.45) is 10.3 Å². The molecule has 1 fully saturated rings. The third-order valence-electron chi connectivity index (χ3n) is 6.55. The van der Waals surface area contributed by atoms with E-state index in [0.717, 1.165) is 24.2 Å². The van der Waals surface area contributed by atoms with Crippen molar-refractivity contribution in [2.75, 3.05) is 17.3 Å². The van der Waals surface area contributed by atoms with Crippen molar-refractivity contribution in [1.82, 2.24) is 9.40 Å². The summed E-state index contributed by atoms with van der Waals surface area (Å²) in [4.78, 5) is 13.4. The van der Waals surface area contributed by atoms with E-state index in [1.165, 1.54) is 22.2 Å². The van der Waals surface area contributed by atoms with Crippen molar-refractivity contribution in [3.63, 3.8) is 0 Å². The molecule has 1 saturated carbocycles. The van der Waals surface area contributed by atoms with Gasteiger partial charge in [-0.25, -0.2) is 17.8 Å². The first-order valence-corrected chi connectivity index (χ1v) is 15.8. The van der Waals surface area contributed by atoms with Crippen LogP contribution in [-0.4, -0.2) is 39.0 Å². The monoisotopic (exact) mass is 585 g/mol. The Labute approximate surface area is 227 Å². The van der Waals surface area contributed by atoms with Crippen LogP contribution >= 0.6 is 11.3 Å². The molecule has 14 heteroatoms. The first kappa shape index (κ1) is 25.6. The van der Waals surface area contributed by atoms with E-state index in [2.05, 4.69) is 19.9 Å². The van der Waals surface area contributed by atoms with Gasteiger partial charge in [0, 0.05) is 24.0 Å². The molecule has 0 spiro atoms. The maximum Gasteiger partial charge on any atom is 0.287 e. The highest BCUT2D eigenvalue weighted by molar-refractivity contribution is 7.91. The number of pyridine rings is 1. The van der Waals surface area contributed by atoms with Gasteiger partial charge in [-0.1, -0.05) is 30.3 Å². The molecule has 6 rings (SSSR count). The number of aromatic nitrogens is 1. The number of para-hydroxylation sites is 1. The van der Waals surface area contributed by atoms with Crippen LogP contribution in [-0.2, 0) is 26.6 Å². The molecule has 0 bridgehead atoms. The molecule has 2 aromatic carbocycles. The van der Waals surface area contributed by atoms with Gasteiger partial charge in [0.2, 0.25) is 10.0 Å². The Kier molecular flexibility index (Phi) is 6.21. The first-order valence-electron chi connectivity index (χ1n) is 12.0. The van der Waals surface area contributed by atoms with E-state index in [0.29, 0.717) is 23.4 Å². The SMILES string of the molecule is O=c1c(C2=NS(=O)(=O)c3c(CNS(=O)(=O)c4ccccc4)csc3N2)c(O)c2ccccc2n1NCC1CC1. The average molecular weight is 586 g/mol. The summed E-state index contributed by atoms with van der Waals surface area (Å²) in [6, 6.07) is 14.5. The van der Waals surface area contributed by atoms with Crippen LogP contribution in [0.2, 0.25) is 0 Å². The van der Waals surface area contributed by atoms with Crippen LogP contribution < -0.4 is 21.0 Å². The number of sulfonamides is 2. The number of hydrogen-bond donors (Lipinski definition) is 4. The highest BCUT2D eigenvalue weighted by atomic mass is 32.2. The molecule has 1 aliphatic heterocycles. The summed E-state index contributed by atoms with van der Waals surface area (Å²) < 4.78 is 59.5. The van der Waals surface area contributed by atoms with Crippen molar-refractivity contribution >= 4 is 53.1 Å². The fraction of sp³-hybridized carbons (Fsp3) is 0.200. The summed E-state index contributed by atoms with van der Waals surface area (Å²) >= 11 is 1.03. The molecule has 0 amide bonds. The number of nitrogens with one attached hydrogen (secondary N) is 3. The van der Waals surface area contributed by atoms with Gasteiger partial charge in [-0.3, -0.25) is 4.79 Å². The quantitative estimate of drug-likeness (QED) is 0.246. The van der Waals surface area contributed by atoms with E-state index in [1.807, 2.05) is 0 Å². The summed E-state index contributed by atoms with van der Waals surface area (Å²) in [5.74, 6) is -0.252. The molecular formula is C25H23N5O6S3. The predicted molar refractivity (Wildman–Crippen MR) is 149 cm³/mol. The minimum absolute atomic E-state index is 0.0498. The molecule has 4 N–H and O–H groups in total. The highest BCUT2D eigenvalue weighted by Gasteiger charge is 2.34. The minimum Gasteiger partial charge on any atom is -0.506 e. The number of rotatable bonds is 8. The van der Waals surface area contributed by atoms with Crippen LogP contribution in [0.4, 0.5) is 5.00 Å². The van der Waals surface area contributed by atoms with Crippen molar-refractivity contribution in [3.8, 4) is 5.75 Å². The van der Waals surface area contributed by atoms with Gasteiger partial charge in [-0.15, -0.1) is 15.7 Å². The first-order chi connectivity index (χ1) is 18.7. The van der Waals surface area contributed by atoms with Gasteiger partial charge in [0.1, 0.15) is 21.2 Å². The summed E-state index contributed by atoms with van der Waals surface area (Å²) in [5, 5.41) is 16.0. The summed E-state index contributed by atoms with van der Waals surface area (Å²) in [6.07, 6.45) is 2.12. The topological polar surface area (TPSA) is 159 Å². The lowest BCUT2D eigenvalue weighted by Gasteiger charge is -2.20. The zero-order valence-corrected chi connectivity index (χ0v) is 22.7. The number of nitrogens with zero attached hydrogens (tertiary/aromatic N) is 2. The Hall–Kier alpha value is -3.72. The molecule has 202 valence electrons. The largest absolute Gasteiger partial charge is 0.506 e. The van der Waals surface area contributed by atoms with Gasteiger partial charge in [-0.2, -0.15) is 8.42 Å². The molecule has 0 atom stereocenters. The molecule has 0 unspecified atom stereocenters. The maximum absolute atomic E-state index is 13.6. The highest BCUT2D eigenvalue weighted by Crippen LogP contribution is 2.38. The molecule has 39 heavy (non-hydrogen) atoms. The molecule has 0 radical (unpaired) electrons. The summed E-state index contributed by atoms with van der Waals surface area (Å²) in [5.41, 5.74) is 2.83. The second-order valence-electron chi connectivity index (χ2n) is 9.28.